The van der Waals surface area contributed by atoms with Gasteiger partial charge in [-0.3, -0.25) is 9.59 Å². The molecule has 4 nitrogen and oxygen atoms in total. The lowest BCUT2D eigenvalue weighted by Gasteiger charge is -2.32. The van der Waals surface area contributed by atoms with E-state index in [2.05, 4.69) is 24.3 Å². The molecule has 4 heteroatoms. The van der Waals surface area contributed by atoms with Gasteiger partial charge in [0.1, 0.15) is 0 Å². The van der Waals surface area contributed by atoms with Gasteiger partial charge in [-0.25, -0.2) is 0 Å². The van der Waals surface area contributed by atoms with Crippen molar-refractivity contribution in [2.45, 2.75) is 18.8 Å². The van der Waals surface area contributed by atoms with Gasteiger partial charge in [-0.1, -0.05) is 30.3 Å². The Balaban J connectivity index is 1.67. The number of benzene rings is 1. The summed E-state index contributed by atoms with van der Waals surface area (Å²) in [6.45, 7) is 1.53. The van der Waals surface area contributed by atoms with Crippen molar-refractivity contribution in [3.8, 4) is 0 Å². The first-order chi connectivity index (χ1) is 10.6. The van der Waals surface area contributed by atoms with Crippen LogP contribution in [0.25, 0.3) is 0 Å². The summed E-state index contributed by atoms with van der Waals surface area (Å²) in [5.41, 5.74) is 1.84. The predicted octanol–water partition coefficient (Wildman–Crippen LogP) is 2.41. The van der Waals surface area contributed by atoms with Crippen molar-refractivity contribution >= 4 is 5.91 Å². The molecule has 0 radical (unpaired) electrons. The van der Waals surface area contributed by atoms with Crippen molar-refractivity contribution in [3.05, 3.63) is 70.1 Å². The van der Waals surface area contributed by atoms with E-state index in [1.165, 1.54) is 16.2 Å². The van der Waals surface area contributed by atoms with Gasteiger partial charge < -0.3 is 9.47 Å². The molecule has 0 unspecified atom stereocenters. The molecule has 1 fully saturated rings. The highest BCUT2D eigenvalue weighted by Crippen LogP contribution is 2.28. The highest BCUT2D eigenvalue weighted by Gasteiger charge is 2.24. The van der Waals surface area contributed by atoms with Gasteiger partial charge in [0.2, 0.25) is 5.56 Å². The molecule has 0 saturated carbocycles. The van der Waals surface area contributed by atoms with Crippen LogP contribution in [0.5, 0.6) is 0 Å². The number of nitrogens with zero attached hydrogens (tertiary/aromatic N) is 2. The summed E-state index contributed by atoms with van der Waals surface area (Å²) in [6, 6.07) is 13.6. The minimum absolute atomic E-state index is 0.0158. The van der Waals surface area contributed by atoms with Crippen LogP contribution in [0, 0.1) is 0 Å². The lowest BCUT2D eigenvalue weighted by Crippen LogP contribution is -2.38. The van der Waals surface area contributed by atoms with Gasteiger partial charge in [0.05, 0.1) is 5.56 Å². The molecular weight excluding hydrogens is 276 g/mol. The molecule has 1 aromatic carbocycles. The molecule has 1 aliphatic heterocycles. The lowest BCUT2D eigenvalue weighted by molar-refractivity contribution is 0.0712. The van der Waals surface area contributed by atoms with Crippen LogP contribution < -0.4 is 5.56 Å². The third-order valence-electron chi connectivity index (χ3n) is 4.39. The maximum absolute atomic E-state index is 12.5. The average Bonchev–Trinajstić information content (AvgIpc) is 2.58. The van der Waals surface area contributed by atoms with E-state index in [9.17, 15) is 9.59 Å². The van der Waals surface area contributed by atoms with Crippen LogP contribution in [-0.2, 0) is 7.05 Å². The average molecular weight is 296 g/mol. The van der Waals surface area contributed by atoms with E-state index in [-0.39, 0.29) is 11.5 Å². The van der Waals surface area contributed by atoms with Crippen LogP contribution in [0.15, 0.2) is 53.5 Å². The minimum Gasteiger partial charge on any atom is -0.339 e. The van der Waals surface area contributed by atoms with Crippen LogP contribution in [0.3, 0.4) is 0 Å². The van der Waals surface area contributed by atoms with Crippen molar-refractivity contribution in [2.75, 3.05) is 13.1 Å². The smallest absolute Gasteiger partial charge is 0.255 e. The largest absolute Gasteiger partial charge is 0.339 e. The lowest BCUT2D eigenvalue weighted by atomic mass is 9.89. The Kier molecular flexibility index (Phi) is 4.09. The molecule has 1 amide bonds. The van der Waals surface area contributed by atoms with Crippen LogP contribution in [0.2, 0.25) is 0 Å². The molecule has 3 rings (SSSR count). The zero-order valence-electron chi connectivity index (χ0n) is 12.7. The minimum atomic E-state index is -0.0978. The third kappa shape index (κ3) is 2.96. The Morgan fingerprint density at radius 2 is 1.73 bits per heavy atom. The zero-order chi connectivity index (χ0) is 15.5. The molecule has 0 N–H and O–H groups in total. The summed E-state index contributed by atoms with van der Waals surface area (Å²) in [7, 11) is 1.67. The monoisotopic (exact) mass is 296 g/mol. The van der Waals surface area contributed by atoms with Gasteiger partial charge >= 0.3 is 0 Å². The number of carbonyl (C=O) groups is 1. The molecule has 0 atom stereocenters. The summed E-state index contributed by atoms with van der Waals surface area (Å²) >= 11 is 0. The molecule has 0 bridgehead atoms. The summed E-state index contributed by atoms with van der Waals surface area (Å²) in [4.78, 5) is 25.8. The van der Waals surface area contributed by atoms with E-state index < -0.39 is 0 Å². The maximum Gasteiger partial charge on any atom is 0.255 e. The van der Waals surface area contributed by atoms with Crippen molar-refractivity contribution < 1.29 is 4.79 Å². The second-order valence-corrected chi connectivity index (χ2v) is 5.84. The van der Waals surface area contributed by atoms with E-state index in [0.29, 0.717) is 11.5 Å². The van der Waals surface area contributed by atoms with Gasteiger partial charge in [-0.2, -0.15) is 0 Å². The van der Waals surface area contributed by atoms with E-state index in [1.807, 2.05) is 11.0 Å². The standard InChI is InChI=1S/C18H20N2O2/c1-19-13-16(7-8-17(19)21)18(22)20-11-9-15(10-12-20)14-5-3-2-4-6-14/h2-8,13,15H,9-12H2,1H3. The van der Waals surface area contributed by atoms with Gasteiger partial charge in [-0.05, 0) is 30.4 Å². The number of piperidine rings is 1. The molecule has 0 aliphatic carbocycles. The number of amides is 1. The third-order valence-corrected chi connectivity index (χ3v) is 4.39. The van der Waals surface area contributed by atoms with Crippen LogP contribution >= 0.6 is 0 Å². The molecular formula is C18H20N2O2. The Morgan fingerprint density at radius 3 is 2.36 bits per heavy atom. The van der Waals surface area contributed by atoms with Crippen molar-refractivity contribution in [2.24, 2.45) is 7.05 Å². The number of hydrogen-bond donors (Lipinski definition) is 0. The van der Waals surface area contributed by atoms with E-state index in [4.69, 9.17) is 0 Å². The highest BCUT2D eigenvalue weighted by molar-refractivity contribution is 5.94. The normalized spacial score (nSPS) is 15.8. The summed E-state index contributed by atoms with van der Waals surface area (Å²) in [5.74, 6) is 0.549. The second-order valence-electron chi connectivity index (χ2n) is 5.84. The summed E-state index contributed by atoms with van der Waals surface area (Å²) in [5, 5.41) is 0. The number of likely N-dealkylation sites (tertiary alicyclic amines) is 1. The van der Waals surface area contributed by atoms with Crippen molar-refractivity contribution in [1.29, 1.82) is 0 Å². The first-order valence-corrected chi connectivity index (χ1v) is 7.66. The molecule has 2 heterocycles. The van der Waals surface area contributed by atoms with Gasteiger partial charge in [0.15, 0.2) is 0 Å². The number of aryl methyl sites for hydroxylation is 1. The molecule has 0 spiro atoms. The predicted molar refractivity (Wildman–Crippen MR) is 86.0 cm³/mol. The van der Waals surface area contributed by atoms with Gasteiger partial charge in [0, 0.05) is 32.4 Å². The Morgan fingerprint density at radius 1 is 1.05 bits per heavy atom. The number of hydrogen-bond acceptors (Lipinski definition) is 2. The number of rotatable bonds is 2. The first-order valence-electron chi connectivity index (χ1n) is 7.66. The fourth-order valence-electron chi connectivity index (χ4n) is 3.04. The fourth-order valence-corrected chi connectivity index (χ4v) is 3.04. The molecule has 2 aromatic rings. The molecule has 1 saturated heterocycles. The van der Waals surface area contributed by atoms with Gasteiger partial charge in [0.25, 0.3) is 5.91 Å². The molecule has 114 valence electrons. The zero-order valence-corrected chi connectivity index (χ0v) is 12.7. The Hall–Kier alpha value is -2.36. The number of aromatic nitrogens is 1. The van der Waals surface area contributed by atoms with Crippen LogP contribution in [0.1, 0.15) is 34.7 Å². The van der Waals surface area contributed by atoms with Crippen LogP contribution in [0.4, 0.5) is 0 Å². The molecule has 1 aliphatic rings. The quantitative estimate of drug-likeness (QED) is 0.854. The highest BCUT2D eigenvalue weighted by atomic mass is 16.2. The molecule has 1 aromatic heterocycles. The van der Waals surface area contributed by atoms with Crippen molar-refractivity contribution in [1.82, 2.24) is 9.47 Å². The maximum atomic E-state index is 12.5. The van der Waals surface area contributed by atoms with Crippen LogP contribution in [-0.4, -0.2) is 28.5 Å². The van der Waals surface area contributed by atoms with Crippen molar-refractivity contribution in [3.63, 3.8) is 0 Å². The topological polar surface area (TPSA) is 42.3 Å². The summed E-state index contributed by atoms with van der Waals surface area (Å²) < 4.78 is 1.45. The SMILES string of the molecule is Cn1cc(C(=O)N2CCC(c3ccccc3)CC2)ccc1=O. The van der Waals surface area contributed by atoms with Gasteiger partial charge in [-0.15, -0.1) is 0 Å². The summed E-state index contributed by atoms with van der Waals surface area (Å²) in [6.07, 6.45) is 3.59. The molecule has 22 heavy (non-hydrogen) atoms. The Labute approximate surface area is 130 Å². The Bertz CT molecular complexity index is 713. The van der Waals surface area contributed by atoms with E-state index in [1.54, 1.807) is 19.3 Å². The van der Waals surface area contributed by atoms with E-state index in [0.717, 1.165) is 25.9 Å². The number of pyridine rings is 1. The fraction of sp³-hybridized carbons (Fsp3) is 0.333. The second kappa shape index (κ2) is 6.18. The number of carbonyl (C=O) groups excluding carboxylic acids is 1. The first kappa shape index (κ1) is 14.6. The van der Waals surface area contributed by atoms with E-state index >= 15 is 0 Å².